The first-order valence-corrected chi connectivity index (χ1v) is 9.27. The number of halogens is 3. The summed E-state index contributed by atoms with van der Waals surface area (Å²) in [6.07, 6.45) is 10.5. The van der Waals surface area contributed by atoms with Crippen LogP contribution in [0.2, 0.25) is 5.02 Å². The second kappa shape index (κ2) is 7.68. The smallest absolute Gasteiger partial charge is 0.387 e. The van der Waals surface area contributed by atoms with Crippen molar-refractivity contribution in [2.45, 2.75) is 44.9 Å². The molecule has 3 aromatic rings. The van der Waals surface area contributed by atoms with Gasteiger partial charge in [0, 0.05) is 18.0 Å². The average molecular weight is 393 g/mol. The Kier molecular flexibility index (Phi) is 5.11. The molecule has 1 aromatic carbocycles. The monoisotopic (exact) mass is 392 g/mol. The third kappa shape index (κ3) is 4.13. The lowest BCUT2D eigenvalue weighted by molar-refractivity contribution is -0.0497. The molecule has 2 heterocycles. The Bertz CT molecular complexity index is 918. The van der Waals surface area contributed by atoms with Gasteiger partial charge in [0.05, 0.1) is 29.5 Å². The summed E-state index contributed by atoms with van der Waals surface area (Å²) in [5.74, 6) is -0.0489. The van der Waals surface area contributed by atoms with E-state index in [2.05, 4.69) is 19.6 Å². The van der Waals surface area contributed by atoms with Crippen molar-refractivity contribution in [3.05, 3.63) is 53.6 Å². The van der Waals surface area contributed by atoms with Crippen LogP contribution in [0.4, 0.5) is 8.78 Å². The van der Waals surface area contributed by atoms with Crippen LogP contribution in [0, 0.1) is 0 Å². The predicted octanol–water partition coefficient (Wildman–Crippen LogP) is 5.16. The molecule has 0 bridgehead atoms. The molecule has 1 aliphatic carbocycles. The van der Waals surface area contributed by atoms with Crippen LogP contribution in [0.3, 0.4) is 0 Å². The van der Waals surface area contributed by atoms with Crippen molar-refractivity contribution in [1.82, 2.24) is 19.6 Å². The molecule has 1 fully saturated rings. The van der Waals surface area contributed by atoms with E-state index in [0.29, 0.717) is 18.2 Å². The number of hydrogen-bond acceptors (Lipinski definition) is 3. The maximum Gasteiger partial charge on any atom is 0.387 e. The summed E-state index contributed by atoms with van der Waals surface area (Å²) in [7, 11) is 0. The van der Waals surface area contributed by atoms with Crippen molar-refractivity contribution >= 4 is 11.6 Å². The molecule has 4 rings (SSSR count). The molecule has 1 saturated carbocycles. The highest BCUT2D eigenvalue weighted by molar-refractivity contribution is 6.32. The van der Waals surface area contributed by atoms with E-state index in [0.717, 1.165) is 11.3 Å². The highest BCUT2D eigenvalue weighted by Gasteiger charge is 2.17. The Labute approximate surface area is 160 Å². The summed E-state index contributed by atoms with van der Waals surface area (Å²) in [6, 6.07) is 7.29. The second-order valence-corrected chi connectivity index (χ2v) is 7.08. The van der Waals surface area contributed by atoms with Crippen molar-refractivity contribution < 1.29 is 13.5 Å². The van der Waals surface area contributed by atoms with Crippen molar-refractivity contribution in [3.63, 3.8) is 0 Å². The van der Waals surface area contributed by atoms with E-state index in [1.165, 1.54) is 37.8 Å². The van der Waals surface area contributed by atoms with Gasteiger partial charge in [0.25, 0.3) is 0 Å². The van der Waals surface area contributed by atoms with Crippen molar-refractivity contribution in [2.24, 2.45) is 0 Å². The minimum absolute atomic E-state index is 0.0489. The molecule has 0 amide bonds. The number of aromatic nitrogens is 4. The zero-order valence-electron chi connectivity index (χ0n) is 14.6. The van der Waals surface area contributed by atoms with E-state index in [9.17, 15) is 8.78 Å². The lowest BCUT2D eigenvalue weighted by Gasteiger charge is -2.08. The summed E-state index contributed by atoms with van der Waals surface area (Å²) in [6.45, 7) is -2.37. The first-order chi connectivity index (χ1) is 13.1. The Balaban J connectivity index is 1.49. The molecule has 5 nitrogen and oxygen atoms in total. The van der Waals surface area contributed by atoms with E-state index >= 15 is 0 Å². The number of rotatable bonds is 6. The van der Waals surface area contributed by atoms with Crippen LogP contribution in [0.5, 0.6) is 5.75 Å². The quantitative estimate of drug-likeness (QED) is 0.581. The standard InChI is InChI=1S/C19H19ClF2N4O/c20-17-6-5-13(9-18(17)27-19(21)22)14-10-23-25(11-14)12-15-7-8-26(24-15)16-3-1-2-4-16/h5-11,16,19H,1-4,12H2. The second-order valence-electron chi connectivity index (χ2n) is 6.68. The predicted molar refractivity (Wildman–Crippen MR) is 98.1 cm³/mol. The molecule has 0 N–H and O–H groups in total. The average Bonchev–Trinajstić information content (AvgIpc) is 3.37. The summed E-state index contributed by atoms with van der Waals surface area (Å²) in [5.41, 5.74) is 2.44. The van der Waals surface area contributed by atoms with Crippen molar-refractivity contribution in [1.29, 1.82) is 0 Å². The minimum Gasteiger partial charge on any atom is -0.433 e. The number of hydrogen-bond donors (Lipinski definition) is 0. The molecule has 1 aliphatic rings. The zero-order valence-corrected chi connectivity index (χ0v) is 15.3. The molecule has 0 radical (unpaired) electrons. The molecule has 0 saturated heterocycles. The van der Waals surface area contributed by atoms with Gasteiger partial charge < -0.3 is 4.74 Å². The zero-order chi connectivity index (χ0) is 18.8. The van der Waals surface area contributed by atoms with Gasteiger partial charge >= 0.3 is 6.61 Å². The number of nitrogens with zero attached hydrogens (tertiary/aromatic N) is 4. The SMILES string of the molecule is FC(F)Oc1cc(-c2cnn(Cc3ccn(C4CCCC4)n3)c2)ccc1Cl. The highest BCUT2D eigenvalue weighted by Crippen LogP contribution is 2.32. The molecule has 8 heteroatoms. The molecule has 0 aliphatic heterocycles. The van der Waals surface area contributed by atoms with Crippen LogP contribution in [-0.4, -0.2) is 26.2 Å². The van der Waals surface area contributed by atoms with E-state index in [1.807, 2.05) is 18.5 Å². The van der Waals surface area contributed by atoms with Crippen LogP contribution < -0.4 is 4.74 Å². The molecule has 27 heavy (non-hydrogen) atoms. The minimum atomic E-state index is -2.92. The maximum atomic E-state index is 12.5. The molecule has 142 valence electrons. The van der Waals surface area contributed by atoms with E-state index in [-0.39, 0.29) is 10.8 Å². The summed E-state index contributed by atoms with van der Waals surface area (Å²) in [5, 5.41) is 9.16. The highest BCUT2D eigenvalue weighted by atomic mass is 35.5. The fraction of sp³-hybridized carbons (Fsp3) is 0.368. The van der Waals surface area contributed by atoms with Crippen molar-refractivity contribution in [3.8, 4) is 16.9 Å². The maximum absolute atomic E-state index is 12.5. The van der Waals surface area contributed by atoms with Crippen LogP contribution >= 0.6 is 11.6 Å². The lowest BCUT2D eigenvalue weighted by atomic mass is 10.1. The normalized spacial score (nSPS) is 15.0. The van der Waals surface area contributed by atoms with Crippen LogP contribution in [0.15, 0.2) is 42.9 Å². The number of benzene rings is 1. The largest absolute Gasteiger partial charge is 0.433 e. The van der Waals surface area contributed by atoms with Gasteiger partial charge in [-0.05, 0) is 36.6 Å². The Hall–Kier alpha value is -2.41. The van der Waals surface area contributed by atoms with E-state index < -0.39 is 6.61 Å². The fourth-order valence-electron chi connectivity index (χ4n) is 3.47. The molecular formula is C19H19ClF2N4O. The summed E-state index contributed by atoms with van der Waals surface area (Å²) >= 11 is 5.91. The number of ether oxygens (including phenoxy) is 1. The summed E-state index contributed by atoms with van der Waals surface area (Å²) in [4.78, 5) is 0. The third-order valence-corrected chi connectivity index (χ3v) is 5.11. The Morgan fingerprint density at radius 1 is 1.19 bits per heavy atom. The summed E-state index contributed by atoms with van der Waals surface area (Å²) < 4.78 is 33.3. The van der Waals surface area contributed by atoms with Gasteiger partial charge in [-0.25, -0.2) is 0 Å². The third-order valence-electron chi connectivity index (χ3n) is 4.80. The number of alkyl halides is 2. The molecule has 0 spiro atoms. The Morgan fingerprint density at radius 3 is 2.78 bits per heavy atom. The van der Waals surface area contributed by atoms with E-state index in [4.69, 9.17) is 11.6 Å². The first kappa shape index (κ1) is 18.0. The van der Waals surface area contributed by atoms with Gasteiger partial charge in [0.1, 0.15) is 5.75 Å². The van der Waals surface area contributed by atoms with Crippen LogP contribution in [0.25, 0.3) is 11.1 Å². The fourth-order valence-corrected chi connectivity index (χ4v) is 3.63. The van der Waals surface area contributed by atoms with Gasteiger partial charge in [-0.1, -0.05) is 30.5 Å². The van der Waals surface area contributed by atoms with Crippen LogP contribution in [-0.2, 0) is 6.54 Å². The van der Waals surface area contributed by atoms with Crippen molar-refractivity contribution in [2.75, 3.05) is 0 Å². The lowest BCUT2D eigenvalue weighted by Crippen LogP contribution is -2.07. The van der Waals surface area contributed by atoms with Gasteiger partial charge in [-0.3, -0.25) is 9.36 Å². The first-order valence-electron chi connectivity index (χ1n) is 8.90. The van der Waals surface area contributed by atoms with Gasteiger partial charge in [-0.2, -0.15) is 19.0 Å². The molecule has 2 aromatic heterocycles. The van der Waals surface area contributed by atoms with Gasteiger partial charge in [0.2, 0.25) is 0 Å². The molecule has 0 atom stereocenters. The Morgan fingerprint density at radius 2 is 2.00 bits per heavy atom. The molecule has 0 unspecified atom stereocenters. The van der Waals surface area contributed by atoms with Gasteiger partial charge in [-0.15, -0.1) is 0 Å². The topological polar surface area (TPSA) is 44.9 Å². The van der Waals surface area contributed by atoms with Crippen LogP contribution in [0.1, 0.15) is 37.4 Å². The van der Waals surface area contributed by atoms with Gasteiger partial charge in [0.15, 0.2) is 0 Å². The van der Waals surface area contributed by atoms with E-state index in [1.54, 1.807) is 16.9 Å². The molecular weight excluding hydrogens is 374 g/mol.